The lowest BCUT2D eigenvalue weighted by molar-refractivity contribution is -0.142. The summed E-state index contributed by atoms with van der Waals surface area (Å²) in [5.74, 6) is -0.0906. The summed E-state index contributed by atoms with van der Waals surface area (Å²) in [5.41, 5.74) is 1.22. The van der Waals surface area contributed by atoms with E-state index < -0.39 is 16.0 Å². The number of hydrogen-bond acceptors (Lipinski definition) is 6. The lowest BCUT2D eigenvalue weighted by Crippen LogP contribution is -2.23. The quantitative estimate of drug-likeness (QED) is 0.759. The number of nitrogens with one attached hydrogen (secondary N) is 1. The van der Waals surface area contributed by atoms with Crippen molar-refractivity contribution < 1.29 is 22.7 Å². The summed E-state index contributed by atoms with van der Waals surface area (Å²) in [6.45, 7) is 1.56. The fraction of sp³-hybridized carbons (Fsp3) is 0.250. The van der Waals surface area contributed by atoms with Crippen LogP contribution in [0.25, 0.3) is 0 Å². The van der Waals surface area contributed by atoms with Crippen LogP contribution in [-0.2, 0) is 26.1 Å². The smallest absolute Gasteiger partial charge is 0.343 e. The summed E-state index contributed by atoms with van der Waals surface area (Å²) in [6.07, 6.45) is 1.60. The molecule has 8 heteroatoms. The van der Waals surface area contributed by atoms with E-state index in [0.29, 0.717) is 17.0 Å². The predicted octanol–water partition coefficient (Wildman–Crippen LogP) is 1.42. The van der Waals surface area contributed by atoms with Gasteiger partial charge in [-0.25, -0.2) is 17.9 Å². The highest BCUT2D eigenvalue weighted by molar-refractivity contribution is 7.89. The first-order valence-electron chi connectivity index (χ1n) is 7.12. The van der Waals surface area contributed by atoms with Gasteiger partial charge >= 0.3 is 5.97 Å². The molecule has 1 aromatic carbocycles. The number of nitrogens with zero attached hydrogens (tertiary/aromatic N) is 1. The number of carbonyl (C=O) groups excluding carboxylic acids is 1. The molecule has 128 valence electrons. The van der Waals surface area contributed by atoms with E-state index >= 15 is 0 Å². The Bertz CT molecular complexity index is 806. The molecule has 0 atom stereocenters. The first-order chi connectivity index (χ1) is 11.4. The highest BCUT2D eigenvalue weighted by Gasteiger charge is 2.16. The highest BCUT2D eigenvalue weighted by atomic mass is 32.2. The van der Waals surface area contributed by atoms with Gasteiger partial charge in [-0.15, -0.1) is 0 Å². The topological polar surface area (TPSA) is 94.6 Å². The van der Waals surface area contributed by atoms with Gasteiger partial charge in [0.25, 0.3) is 0 Å². The van der Waals surface area contributed by atoms with Gasteiger partial charge in [0.2, 0.25) is 10.0 Å². The zero-order valence-corrected chi connectivity index (χ0v) is 14.2. The van der Waals surface area contributed by atoms with Crippen LogP contribution in [0.1, 0.15) is 11.3 Å². The summed E-state index contributed by atoms with van der Waals surface area (Å²) in [5, 5.41) is 0. The molecule has 7 nitrogen and oxygen atoms in total. The van der Waals surface area contributed by atoms with E-state index in [2.05, 4.69) is 14.4 Å². The van der Waals surface area contributed by atoms with Crippen LogP contribution in [0.4, 0.5) is 0 Å². The molecule has 0 aliphatic heterocycles. The van der Waals surface area contributed by atoms with Crippen molar-refractivity contribution in [1.82, 2.24) is 9.71 Å². The molecule has 24 heavy (non-hydrogen) atoms. The Balaban J connectivity index is 2.07. The predicted molar refractivity (Wildman–Crippen MR) is 87.0 cm³/mol. The molecule has 0 aliphatic carbocycles. The van der Waals surface area contributed by atoms with E-state index in [9.17, 15) is 13.2 Å². The molecular weight excluding hydrogens is 332 g/mol. The molecule has 0 amide bonds. The first-order valence-corrected chi connectivity index (χ1v) is 8.60. The van der Waals surface area contributed by atoms with Crippen molar-refractivity contribution in [2.24, 2.45) is 0 Å². The minimum atomic E-state index is -3.67. The van der Waals surface area contributed by atoms with Crippen LogP contribution in [0.2, 0.25) is 0 Å². The van der Waals surface area contributed by atoms with Crippen molar-refractivity contribution in [3.8, 4) is 5.75 Å². The number of aromatic nitrogens is 1. The van der Waals surface area contributed by atoms with E-state index in [1.54, 1.807) is 31.3 Å². The molecule has 1 N–H and O–H groups in total. The molecule has 1 aromatic heterocycles. The molecule has 0 bridgehead atoms. The molecule has 2 rings (SSSR count). The van der Waals surface area contributed by atoms with Crippen molar-refractivity contribution in [1.29, 1.82) is 0 Å². The third kappa shape index (κ3) is 4.77. The summed E-state index contributed by atoms with van der Waals surface area (Å²) >= 11 is 0. The highest BCUT2D eigenvalue weighted by Crippen LogP contribution is 2.22. The van der Waals surface area contributed by atoms with Gasteiger partial charge in [0.15, 0.2) is 6.61 Å². The molecule has 2 aromatic rings. The Labute approximate surface area is 140 Å². The number of methoxy groups -OCH3 is 1. The van der Waals surface area contributed by atoms with Gasteiger partial charge in [0.1, 0.15) is 5.75 Å². The second kappa shape index (κ2) is 7.89. The van der Waals surface area contributed by atoms with Gasteiger partial charge in [-0.1, -0.05) is 6.07 Å². The van der Waals surface area contributed by atoms with Crippen LogP contribution in [0.5, 0.6) is 5.75 Å². The van der Waals surface area contributed by atoms with Crippen LogP contribution in [0, 0.1) is 6.92 Å². The van der Waals surface area contributed by atoms with Gasteiger partial charge in [0.05, 0.1) is 24.2 Å². The van der Waals surface area contributed by atoms with Gasteiger partial charge in [0, 0.05) is 6.20 Å². The number of sulfonamides is 1. The number of carbonyl (C=O) groups is 1. The molecule has 0 radical (unpaired) electrons. The Hall–Kier alpha value is -2.45. The molecule has 0 aliphatic rings. The number of esters is 1. The number of benzene rings is 1. The molecule has 1 heterocycles. The maximum absolute atomic E-state index is 12.3. The van der Waals surface area contributed by atoms with Crippen LogP contribution in [0.15, 0.2) is 47.5 Å². The maximum atomic E-state index is 12.3. The average Bonchev–Trinajstić information content (AvgIpc) is 2.59. The second-order valence-corrected chi connectivity index (χ2v) is 6.70. The number of hydrogen-bond donors (Lipinski definition) is 1. The van der Waals surface area contributed by atoms with Crippen molar-refractivity contribution in [2.45, 2.75) is 18.4 Å². The number of aryl methyl sites for hydroxylation is 1. The number of ether oxygens (including phenoxy) is 2. The van der Waals surface area contributed by atoms with Crippen LogP contribution in [-0.4, -0.2) is 33.1 Å². The van der Waals surface area contributed by atoms with E-state index in [4.69, 9.17) is 4.74 Å². The van der Waals surface area contributed by atoms with E-state index in [1.807, 2.05) is 0 Å². The summed E-state index contributed by atoms with van der Waals surface area (Å²) in [6, 6.07) is 9.68. The Morgan fingerprint density at radius 3 is 2.67 bits per heavy atom. The minimum Gasteiger partial charge on any atom is -0.482 e. The fourth-order valence-electron chi connectivity index (χ4n) is 1.90. The van der Waals surface area contributed by atoms with E-state index in [1.165, 1.54) is 25.3 Å². The maximum Gasteiger partial charge on any atom is 0.343 e. The van der Waals surface area contributed by atoms with Gasteiger partial charge < -0.3 is 9.47 Å². The van der Waals surface area contributed by atoms with E-state index in [-0.39, 0.29) is 18.0 Å². The average molecular weight is 350 g/mol. The largest absolute Gasteiger partial charge is 0.482 e. The molecule has 0 fully saturated rings. The lowest BCUT2D eigenvalue weighted by Gasteiger charge is -2.11. The third-order valence-electron chi connectivity index (χ3n) is 3.20. The standard InChI is InChI=1S/C16H18N2O5S/c1-12-9-14(6-7-15(12)23-11-16(19)22-2)24(20,21)18-10-13-5-3-4-8-17-13/h3-9,18H,10-11H2,1-2H3. The molecular formula is C16H18N2O5S. The van der Waals surface area contributed by atoms with Crippen LogP contribution in [0.3, 0.4) is 0 Å². The Kier molecular flexibility index (Phi) is 5.88. The van der Waals surface area contributed by atoms with E-state index in [0.717, 1.165) is 0 Å². The van der Waals surface area contributed by atoms with Gasteiger partial charge in [-0.2, -0.15) is 0 Å². The summed E-state index contributed by atoms with van der Waals surface area (Å²) < 4.78 is 36.9. The summed E-state index contributed by atoms with van der Waals surface area (Å²) in [4.78, 5) is 15.3. The van der Waals surface area contributed by atoms with Crippen molar-refractivity contribution in [3.63, 3.8) is 0 Å². The lowest BCUT2D eigenvalue weighted by atomic mass is 10.2. The van der Waals surface area contributed by atoms with Crippen molar-refractivity contribution in [3.05, 3.63) is 53.9 Å². The molecule has 0 saturated heterocycles. The normalized spacial score (nSPS) is 11.1. The van der Waals surface area contributed by atoms with Crippen LogP contribution >= 0.6 is 0 Å². The number of pyridine rings is 1. The SMILES string of the molecule is COC(=O)COc1ccc(S(=O)(=O)NCc2ccccn2)cc1C. The van der Waals surface area contributed by atoms with Crippen LogP contribution < -0.4 is 9.46 Å². The zero-order chi connectivity index (χ0) is 17.6. The molecule has 0 spiro atoms. The Morgan fingerprint density at radius 1 is 1.25 bits per heavy atom. The monoisotopic (exact) mass is 350 g/mol. The molecule has 0 unspecified atom stereocenters. The van der Waals surface area contributed by atoms with Gasteiger partial charge in [-0.05, 0) is 42.8 Å². The van der Waals surface area contributed by atoms with Crippen molar-refractivity contribution >= 4 is 16.0 Å². The summed E-state index contributed by atoms with van der Waals surface area (Å²) in [7, 11) is -2.41. The van der Waals surface area contributed by atoms with Crippen molar-refractivity contribution in [2.75, 3.05) is 13.7 Å². The Morgan fingerprint density at radius 2 is 2.04 bits per heavy atom. The fourth-order valence-corrected chi connectivity index (χ4v) is 2.99. The first kappa shape index (κ1) is 17.9. The minimum absolute atomic E-state index is 0.100. The molecule has 0 saturated carbocycles. The number of rotatable bonds is 7. The van der Waals surface area contributed by atoms with Gasteiger partial charge in [-0.3, -0.25) is 4.98 Å². The second-order valence-electron chi connectivity index (χ2n) is 4.94. The third-order valence-corrected chi connectivity index (χ3v) is 4.60. The zero-order valence-electron chi connectivity index (χ0n) is 13.4.